The van der Waals surface area contributed by atoms with E-state index in [2.05, 4.69) is 12.2 Å². The number of nitrogens with one attached hydrogen (secondary N) is 1. The van der Waals surface area contributed by atoms with E-state index in [0.717, 1.165) is 44.7 Å². The lowest BCUT2D eigenvalue weighted by Gasteiger charge is -2.09. The second-order valence-corrected chi connectivity index (χ2v) is 4.60. The summed E-state index contributed by atoms with van der Waals surface area (Å²) in [6.45, 7) is 6.11. The fraction of sp³-hybridized carbons (Fsp3) is 0.533. The van der Waals surface area contributed by atoms with E-state index < -0.39 is 0 Å². The summed E-state index contributed by atoms with van der Waals surface area (Å²) in [6, 6.07) is 5.45. The molecule has 106 valence electrons. The lowest BCUT2D eigenvalue weighted by Crippen LogP contribution is -2.07. The van der Waals surface area contributed by atoms with Crippen molar-refractivity contribution in [1.29, 1.82) is 0 Å². The summed E-state index contributed by atoms with van der Waals surface area (Å²) < 4.78 is 5.48. The molecule has 0 radical (unpaired) electrons. The molecular weight excluding hydrogens is 240 g/mol. The maximum absolute atomic E-state index is 11.4. The van der Waals surface area contributed by atoms with Gasteiger partial charge in [0.2, 0.25) is 0 Å². The molecule has 4 heteroatoms. The summed E-state index contributed by atoms with van der Waals surface area (Å²) >= 11 is 0. The third kappa shape index (κ3) is 5.75. The van der Waals surface area contributed by atoms with Gasteiger partial charge < -0.3 is 15.8 Å². The molecule has 0 bridgehead atoms. The van der Waals surface area contributed by atoms with Gasteiger partial charge in [-0.1, -0.05) is 13.3 Å². The van der Waals surface area contributed by atoms with Gasteiger partial charge in [0.05, 0.1) is 0 Å². The molecule has 1 aromatic carbocycles. The van der Waals surface area contributed by atoms with E-state index in [0.29, 0.717) is 11.3 Å². The Labute approximate surface area is 115 Å². The molecule has 0 saturated heterocycles. The van der Waals surface area contributed by atoms with Crippen molar-refractivity contribution in [3.63, 3.8) is 0 Å². The number of ketones is 1. The minimum absolute atomic E-state index is 0.0101. The monoisotopic (exact) mass is 264 g/mol. The topological polar surface area (TPSA) is 64.3 Å². The molecule has 4 nitrogen and oxygen atoms in total. The molecule has 0 spiro atoms. The van der Waals surface area contributed by atoms with Gasteiger partial charge in [-0.3, -0.25) is 4.79 Å². The van der Waals surface area contributed by atoms with E-state index in [-0.39, 0.29) is 5.78 Å². The normalized spacial score (nSPS) is 10.4. The Morgan fingerprint density at radius 1 is 1.32 bits per heavy atom. The molecule has 0 heterocycles. The molecule has 0 unspecified atom stereocenters. The fourth-order valence-electron chi connectivity index (χ4n) is 1.73. The number of nitrogen functional groups attached to an aromatic ring is 1. The first-order chi connectivity index (χ1) is 9.15. The predicted molar refractivity (Wildman–Crippen MR) is 79.7 cm³/mol. The van der Waals surface area contributed by atoms with E-state index in [4.69, 9.17) is 10.5 Å². The van der Waals surface area contributed by atoms with E-state index in [1.54, 1.807) is 12.1 Å². The van der Waals surface area contributed by atoms with Crippen molar-refractivity contribution < 1.29 is 9.53 Å². The number of hydrogen-bond donors (Lipinski definition) is 2. The molecule has 0 aliphatic carbocycles. The Balaban J connectivity index is 2.30. The average molecular weight is 264 g/mol. The highest BCUT2D eigenvalue weighted by Crippen LogP contribution is 2.18. The molecule has 0 aliphatic rings. The number of Topliss-reactive ketones (excluding diaryl/α,β-unsaturated/α-hetero) is 1. The van der Waals surface area contributed by atoms with Crippen molar-refractivity contribution in [2.45, 2.75) is 33.1 Å². The fourth-order valence-corrected chi connectivity index (χ4v) is 1.73. The highest BCUT2D eigenvalue weighted by molar-refractivity contribution is 5.99. The lowest BCUT2D eigenvalue weighted by molar-refractivity contribution is 0.101. The predicted octanol–water partition coefficient (Wildman–Crippen LogP) is 3.09. The average Bonchev–Trinajstić information content (AvgIpc) is 2.39. The third-order valence-corrected chi connectivity index (χ3v) is 2.87. The molecule has 0 aromatic heterocycles. The van der Waals surface area contributed by atoms with Crippen LogP contribution in [0.3, 0.4) is 0 Å². The van der Waals surface area contributed by atoms with Crippen LogP contribution in [-0.2, 0) is 4.74 Å². The SMILES string of the molecule is CCCCOCCCNc1ccc(N)c(C(C)=O)c1. The van der Waals surface area contributed by atoms with Crippen LogP contribution in [0.2, 0.25) is 0 Å². The van der Waals surface area contributed by atoms with Crippen LogP contribution in [0.15, 0.2) is 18.2 Å². The number of anilines is 2. The minimum Gasteiger partial charge on any atom is -0.398 e. The van der Waals surface area contributed by atoms with Crippen molar-refractivity contribution in [3.05, 3.63) is 23.8 Å². The molecule has 1 rings (SSSR count). The zero-order valence-corrected chi connectivity index (χ0v) is 11.9. The molecule has 0 saturated carbocycles. The zero-order chi connectivity index (χ0) is 14.1. The number of ether oxygens (including phenoxy) is 1. The first-order valence-corrected chi connectivity index (χ1v) is 6.87. The maximum Gasteiger partial charge on any atom is 0.161 e. The summed E-state index contributed by atoms with van der Waals surface area (Å²) in [5.74, 6) is -0.0101. The van der Waals surface area contributed by atoms with Crippen LogP contribution < -0.4 is 11.1 Å². The van der Waals surface area contributed by atoms with Gasteiger partial charge in [0, 0.05) is 36.7 Å². The van der Waals surface area contributed by atoms with Crippen LogP contribution in [0.1, 0.15) is 43.5 Å². The van der Waals surface area contributed by atoms with Crippen LogP contribution in [-0.4, -0.2) is 25.5 Å². The van der Waals surface area contributed by atoms with Gasteiger partial charge in [-0.05, 0) is 38.0 Å². The number of benzene rings is 1. The van der Waals surface area contributed by atoms with Gasteiger partial charge in [-0.15, -0.1) is 0 Å². The summed E-state index contributed by atoms with van der Waals surface area (Å²) in [5, 5.41) is 3.27. The number of unbranched alkanes of at least 4 members (excludes halogenated alkanes) is 1. The molecular formula is C15H24N2O2. The maximum atomic E-state index is 11.4. The van der Waals surface area contributed by atoms with E-state index in [1.165, 1.54) is 6.92 Å². The van der Waals surface area contributed by atoms with Gasteiger partial charge >= 0.3 is 0 Å². The van der Waals surface area contributed by atoms with Crippen molar-refractivity contribution >= 4 is 17.2 Å². The first kappa shape index (κ1) is 15.5. The second kappa shape index (κ2) is 8.53. The summed E-state index contributed by atoms with van der Waals surface area (Å²) in [5.41, 5.74) is 7.77. The zero-order valence-electron chi connectivity index (χ0n) is 11.9. The molecule has 0 atom stereocenters. The van der Waals surface area contributed by atoms with Gasteiger partial charge in [-0.25, -0.2) is 0 Å². The first-order valence-electron chi connectivity index (χ1n) is 6.87. The van der Waals surface area contributed by atoms with Gasteiger partial charge in [0.15, 0.2) is 5.78 Å². The highest BCUT2D eigenvalue weighted by atomic mass is 16.5. The number of carbonyl (C=O) groups is 1. The van der Waals surface area contributed by atoms with Crippen LogP contribution in [0.5, 0.6) is 0 Å². The summed E-state index contributed by atoms with van der Waals surface area (Å²) in [7, 11) is 0. The van der Waals surface area contributed by atoms with Crippen LogP contribution in [0.25, 0.3) is 0 Å². The number of nitrogens with two attached hydrogens (primary N) is 1. The van der Waals surface area contributed by atoms with Gasteiger partial charge in [0.1, 0.15) is 0 Å². The largest absolute Gasteiger partial charge is 0.398 e. The Hall–Kier alpha value is -1.55. The minimum atomic E-state index is -0.0101. The lowest BCUT2D eigenvalue weighted by atomic mass is 10.1. The van der Waals surface area contributed by atoms with Crippen LogP contribution in [0.4, 0.5) is 11.4 Å². The van der Waals surface area contributed by atoms with Crippen molar-refractivity contribution in [1.82, 2.24) is 0 Å². The summed E-state index contributed by atoms with van der Waals surface area (Å²) in [6.07, 6.45) is 3.23. The smallest absolute Gasteiger partial charge is 0.161 e. The highest BCUT2D eigenvalue weighted by Gasteiger charge is 2.05. The van der Waals surface area contributed by atoms with E-state index >= 15 is 0 Å². The molecule has 0 aliphatic heterocycles. The molecule has 0 amide bonds. The van der Waals surface area contributed by atoms with Crippen LogP contribution >= 0.6 is 0 Å². The Bertz CT molecular complexity index is 405. The van der Waals surface area contributed by atoms with Crippen molar-refractivity contribution in [2.24, 2.45) is 0 Å². The molecule has 0 fully saturated rings. The molecule has 3 N–H and O–H groups in total. The van der Waals surface area contributed by atoms with Crippen LogP contribution in [0, 0.1) is 0 Å². The van der Waals surface area contributed by atoms with Crippen molar-refractivity contribution in [2.75, 3.05) is 30.8 Å². The second-order valence-electron chi connectivity index (χ2n) is 4.60. The Morgan fingerprint density at radius 3 is 2.74 bits per heavy atom. The van der Waals surface area contributed by atoms with E-state index in [9.17, 15) is 4.79 Å². The quantitative estimate of drug-likeness (QED) is 0.409. The Kier molecular flexibility index (Phi) is 6.97. The molecule has 19 heavy (non-hydrogen) atoms. The number of carbonyl (C=O) groups excluding carboxylic acids is 1. The van der Waals surface area contributed by atoms with E-state index in [1.807, 2.05) is 6.07 Å². The molecule has 1 aromatic rings. The number of rotatable bonds is 9. The van der Waals surface area contributed by atoms with Gasteiger partial charge in [-0.2, -0.15) is 0 Å². The third-order valence-electron chi connectivity index (χ3n) is 2.87. The van der Waals surface area contributed by atoms with Gasteiger partial charge in [0.25, 0.3) is 0 Å². The Morgan fingerprint density at radius 2 is 2.05 bits per heavy atom. The summed E-state index contributed by atoms with van der Waals surface area (Å²) in [4.78, 5) is 11.4. The number of hydrogen-bond acceptors (Lipinski definition) is 4. The standard InChI is InChI=1S/C15H24N2O2/c1-3-4-9-19-10-5-8-17-13-6-7-15(16)14(11-13)12(2)18/h6-7,11,17H,3-5,8-10,16H2,1-2H3. The van der Waals surface area contributed by atoms with Crippen molar-refractivity contribution in [3.8, 4) is 0 Å².